The average molecular weight is 536 g/mol. The number of nitrogens with zero attached hydrogens (tertiary/aromatic N) is 3. The van der Waals surface area contributed by atoms with E-state index in [0.717, 1.165) is 31.7 Å². The predicted octanol–water partition coefficient (Wildman–Crippen LogP) is 4.12. The van der Waals surface area contributed by atoms with Crippen molar-refractivity contribution in [1.29, 1.82) is 0 Å². The summed E-state index contributed by atoms with van der Waals surface area (Å²) in [5, 5.41) is 10.1. The summed E-state index contributed by atoms with van der Waals surface area (Å²) in [6.45, 7) is 0.125. The summed E-state index contributed by atoms with van der Waals surface area (Å²) in [5.41, 5.74) is 3.62. The van der Waals surface area contributed by atoms with Crippen molar-refractivity contribution in [3.63, 3.8) is 0 Å². The van der Waals surface area contributed by atoms with Crippen LogP contribution in [0, 0.1) is 0 Å². The standard InChI is InChI=1S/C22H19N3O4.C4H3BrO/c1-23-20-16-12-29-17-9-8-13(11-26)10-15(17)25(16)19(14-6-4-3-5-7-14)18(20)21(27)24(2)22(23)28;5-4-2-1-3-6-4/h3-10,26H,11-12H2,1-2H3;1-3H. The maximum absolute atomic E-state index is 13.2. The summed E-state index contributed by atoms with van der Waals surface area (Å²) in [6.07, 6.45) is 1.62. The Balaban J connectivity index is 0.000000371. The highest BCUT2D eigenvalue weighted by molar-refractivity contribution is 9.10. The molecular formula is C26H22BrN3O5. The van der Waals surface area contributed by atoms with E-state index in [2.05, 4.69) is 15.9 Å². The SMILES string of the molecule is Brc1ccco1.Cn1c(=O)c2c(-c3ccccc3)n3c(c2n(C)c1=O)COc1ccc(CO)cc1-3. The second-order valence-corrected chi connectivity index (χ2v) is 8.87. The van der Waals surface area contributed by atoms with Gasteiger partial charge in [-0.3, -0.25) is 13.9 Å². The number of aromatic nitrogens is 3. The van der Waals surface area contributed by atoms with E-state index in [-0.39, 0.29) is 24.5 Å². The van der Waals surface area contributed by atoms with Gasteiger partial charge in [0.15, 0.2) is 4.67 Å². The van der Waals surface area contributed by atoms with E-state index in [1.165, 1.54) is 11.6 Å². The van der Waals surface area contributed by atoms with E-state index >= 15 is 0 Å². The zero-order valence-electron chi connectivity index (χ0n) is 19.1. The minimum Gasteiger partial charge on any atom is -0.485 e. The lowest BCUT2D eigenvalue weighted by molar-refractivity contribution is 0.277. The minimum absolute atomic E-state index is 0.107. The number of halogens is 1. The summed E-state index contributed by atoms with van der Waals surface area (Å²) >= 11 is 3.11. The van der Waals surface area contributed by atoms with Crippen molar-refractivity contribution in [2.75, 3.05) is 0 Å². The van der Waals surface area contributed by atoms with Gasteiger partial charge < -0.3 is 18.8 Å². The van der Waals surface area contributed by atoms with E-state index < -0.39 is 0 Å². The molecule has 1 N–H and O–H groups in total. The van der Waals surface area contributed by atoms with E-state index in [1.807, 2.05) is 65.2 Å². The number of hydrogen-bond acceptors (Lipinski definition) is 5. The Morgan fingerprint density at radius 3 is 2.40 bits per heavy atom. The smallest absolute Gasteiger partial charge is 0.331 e. The number of fused-ring (bicyclic) bond motifs is 5. The highest BCUT2D eigenvalue weighted by atomic mass is 79.9. The van der Waals surface area contributed by atoms with Gasteiger partial charge in [0.25, 0.3) is 5.56 Å². The summed E-state index contributed by atoms with van der Waals surface area (Å²) in [4.78, 5) is 25.8. The number of aliphatic hydroxyl groups is 1. The van der Waals surface area contributed by atoms with Gasteiger partial charge in [-0.25, -0.2) is 4.79 Å². The van der Waals surface area contributed by atoms with Crippen molar-refractivity contribution in [3.05, 3.63) is 104 Å². The van der Waals surface area contributed by atoms with Gasteiger partial charge in [0, 0.05) is 14.1 Å². The zero-order valence-corrected chi connectivity index (χ0v) is 20.7. The van der Waals surface area contributed by atoms with Gasteiger partial charge in [0.2, 0.25) is 0 Å². The van der Waals surface area contributed by atoms with Gasteiger partial charge in [0.05, 0.1) is 40.8 Å². The lowest BCUT2D eigenvalue weighted by atomic mass is 10.1. The lowest BCUT2D eigenvalue weighted by Crippen LogP contribution is -2.37. The third kappa shape index (κ3) is 3.82. The Hall–Kier alpha value is -3.82. The Morgan fingerprint density at radius 2 is 1.77 bits per heavy atom. The summed E-state index contributed by atoms with van der Waals surface area (Å²) < 4.78 is 16.1. The van der Waals surface area contributed by atoms with Crippen LogP contribution < -0.4 is 16.0 Å². The van der Waals surface area contributed by atoms with Crippen molar-refractivity contribution in [3.8, 4) is 22.7 Å². The molecule has 0 atom stereocenters. The van der Waals surface area contributed by atoms with E-state index in [4.69, 9.17) is 9.15 Å². The molecule has 0 saturated carbocycles. The molecule has 9 heteroatoms. The number of aryl methyl sites for hydroxylation is 1. The molecule has 0 amide bonds. The van der Waals surface area contributed by atoms with Crippen LogP contribution in [0.15, 0.2) is 85.6 Å². The second-order valence-electron chi connectivity index (χ2n) is 8.09. The van der Waals surface area contributed by atoms with E-state index in [1.54, 1.807) is 13.3 Å². The number of furan rings is 1. The van der Waals surface area contributed by atoms with Crippen LogP contribution in [0.4, 0.5) is 0 Å². The fourth-order valence-electron chi connectivity index (χ4n) is 4.38. The van der Waals surface area contributed by atoms with E-state index in [0.29, 0.717) is 22.3 Å². The van der Waals surface area contributed by atoms with Crippen molar-refractivity contribution in [2.24, 2.45) is 14.1 Å². The summed E-state index contributed by atoms with van der Waals surface area (Å²) in [7, 11) is 3.16. The highest BCUT2D eigenvalue weighted by Gasteiger charge is 2.29. The average Bonchev–Trinajstić information content (AvgIpc) is 3.51. The van der Waals surface area contributed by atoms with Gasteiger partial charge in [-0.2, -0.15) is 0 Å². The van der Waals surface area contributed by atoms with Crippen molar-refractivity contribution < 1.29 is 14.3 Å². The van der Waals surface area contributed by atoms with Gasteiger partial charge in [-0.1, -0.05) is 36.4 Å². The number of hydrogen-bond donors (Lipinski definition) is 1. The Morgan fingerprint density at radius 1 is 1.00 bits per heavy atom. The number of benzene rings is 2. The summed E-state index contributed by atoms with van der Waals surface area (Å²) in [5.74, 6) is 0.661. The number of ether oxygens (including phenoxy) is 1. The second kappa shape index (κ2) is 9.09. The molecular weight excluding hydrogens is 514 g/mol. The van der Waals surface area contributed by atoms with Crippen LogP contribution in [0.25, 0.3) is 27.8 Å². The molecule has 2 aromatic carbocycles. The largest absolute Gasteiger partial charge is 0.485 e. The Labute approximate surface area is 208 Å². The normalized spacial score (nSPS) is 11.9. The van der Waals surface area contributed by atoms with Gasteiger partial charge >= 0.3 is 5.69 Å². The number of aliphatic hydroxyl groups excluding tert-OH is 1. The molecule has 8 nitrogen and oxygen atoms in total. The van der Waals surface area contributed by atoms with Crippen molar-refractivity contribution >= 4 is 26.8 Å². The molecule has 0 aliphatic carbocycles. The molecule has 35 heavy (non-hydrogen) atoms. The molecule has 0 saturated heterocycles. The monoisotopic (exact) mass is 535 g/mol. The van der Waals surface area contributed by atoms with Gasteiger partial charge in [-0.15, -0.1) is 0 Å². The first-order chi connectivity index (χ1) is 16.9. The first kappa shape index (κ1) is 22.9. The molecule has 0 bridgehead atoms. The van der Waals surface area contributed by atoms with Crippen molar-refractivity contribution in [2.45, 2.75) is 13.2 Å². The molecule has 6 rings (SSSR count). The fraction of sp³-hybridized carbons (Fsp3) is 0.154. The third-order valence-corrected chi connectivity index (χ3v) is 6.46. The van der Waals surface area contributed by atoms with Crippen LogP contribution >= 0.6 is 15.9 Å². The Bertz CT molecular complexity index is 1650. The topological polar surface area (TPSA) is 91.5 Å². The number of rotatable bonds is 2. The molecule has 3 aromatic heterocycles. The quantitative estimate of drug-likeness (QED) is 0.367. The zero-order chi connectivity index (χ0) is 24.7. The highest BCUT2D eigenvalue weighted by Crippen LogP contribution is 2.40. The van der Waals surface area contributed by atoms with Crippen LogP contribution in [0.2, 0.25) is 0 Å². The van der Waals surface area contributed by atoms with Crippen LogP contribution in [-0.4, -0.2) is 18.8 Å². The molecule has 178 valence electrons. The van der Waals surface area contributed by atoms with Crippen LogP contribution in [0.1, 0.15) is 11.3 Å². The van der Waals surface area contributed by atoms with Crippen LogP contribution in [0.3, 0.4) is 0 Å². The lowest BCUT2D eigenvalue weighted by Gasteiger charge is -2.23. The first-order valence-corrected chi connectivity index (χ1v) is 11.7. The molecule has 0 fully saturated rings. The first-order valence-electron chi connectivity index (χ1n) is 10.9. The predicted molar refractivity (Wildman–Crippen MR) is 136 cm³/mol. The molecule has 4 heterocycles. The molecule has 0 radical (unpaired) electrons. The molecule has 1 aliphatic heterocycles. The van der Waals surface area contributed by atoms with Crippen LogP contribution in [0.5, 0.6) is 5.75 Å². The van der Waals surface area contributed by atoms with E-state index in [9.17, 15) is 14.7 Å². The molecule has 0 unspecified atom stereocenters. The van der Waals surface area contributed by atoms with Crippen LogP contribution in [-0.2, 0) is 27.3 Å². The molecule has 0 spiro atoms. The maximum Gasteiger partial charge on any atom is 0.331 e. The van der Waals surface area contributed by atoms with Gasteiger partial charge in [-0.05, 0) is 51.3 Å². The molecule has 1 aliphatic rings. The minimum atomic E-state index is -0.384. The maximum atomic E-state index is 13.2. The molecule has 5 aromatic rings. The van der Waals surface area contributed by atoms with Gasteiger partial charge in [0.1, 0.15) is 12.4 Å². The Kier molecular flexibility index (Phi) is 5.96. The summed E-state index contributed by atoms with van der Waals surface area (Å²) in [6, 6.07) is 18.8. The third-order valence-electron chi connectivity index (χ3n) is 6.01. The fourth-order valence-corrected chi connectivity index (χ4v) is 4.64. The van der Waals surface area contributed by atoms with Crippen molar-refractivity contribution in [1.82, 2.24) is 13.7 Å².